The molecule has 0 unspecified atom stereocenters. The second kappa shape index (κ2) is 7.56. The molecule has 0 saturated heterocycles. The predicted molar refractivity (Wildman–Crippen MR) is 82.9 cm³/mol. The average Bonchev–Trinajstić information content (AvgIpc) is 2.54. The second-order valence-corrected chi connectivity index (χ2v) is 5.15. The highest BCUT2D eigenvalue weighted by Gasteiger charge is 2.11. The van der Waals surface area contributed by atoms with Crippen molar-refractivity contribution < 1.29 is 9.72 Å². The predicted octanol–water partition coefficient (Wildman–Crippen LogP) is 1.37. The number of nitro groups is 1. The van der Waals surface area contributed by atoms with E-state index in [4.69, 9.17) is 0 Å². The van der Waals surface area contributed by atoms with Crippen LogP contribution in [0.2, 0.25) is 0 Å². The third kappa shape index (κ3) is 4.56. The molecule has 0 bridgehead atoms. The van der Waals surface area contributed by atoms with Gasteiger partial charge >= 0.3 is 0 Å². The van der Waals surface area contributed by atoms with Gasteiger partial charge in [-0.15, -0.1) is 0 Å². The summed E-state index contributed by atoms with van der Waals surface area (Å²) in [5.41, 5.74) is 7.38. The Morgan fingerprint density at radius 1 is 1.36 bits per heavy atom. The molecule has 118 valence electrons. The van der Waals surface area contributed by atoms with Gasteiger partial charge in [-0.3, -0.25) is 25.2 Å². The Morgan fingerprint density at radius 2 is 2.09 bits per heavy atom. The van der Waals surface area contributed by atoms with E-state index in [2.05, 4.69) is 28.8 Å². The molecule has 0 fully saturated rings. The third-order valence-corrected chi connectivity index (χ3v) is 3.61. The van der Waals surface area contributed by atoms with Crippen LogP contribution >= 0.6 is 0 Å². The third-order valence-electron chi connectivity index (χ3n) is 3.61. The molecule has 1 aliphatic heterocycles. The molecule has 0 spiro atoms. The van der Waals surface area contributed by atoms with Gasteiger partial charge in [0.25, 0.3) is 5.69 Å². The molecule has 0 aliphatic carbocycles. The molecule has 1 aliphatic rings. The van der Waals surface area contributed by atoms with Crippen LogP contribution in [0.1, 0.15) is 18.9 Å². The summed E-state index contributed by atoms with van der Waals surface area (Å²) < 4.78 is 0. The van der Waals surface area contributed by atoms with Gasteiger partial charge in [0.2, 0.25) is 5.91 Å². The number of likely N-dealkylation sites (N-methyl/N-ethyl adjacent to an activating group) is 1. The number of hydrazine groups is 1. The Labute approximate surface area is 129 Å². The molecule has 0 radical (unpaired) electrons. The summed E-state index contributed by atoms with van der Waals surface area (Å²) in [6.45, 7) is 5.01. The van der Waals surface area contributed by atoms with Crippen molar-refractivity contribution in [2.45, 2.75) is 19.8 Å². The minimum Gasteiger partial charge on any atom is -0.303 e. The van der Waals surface area contributed by atoms with E-state index >= 15 is 0 Å². The van der Waals surface area contributed by atoms with E-state index in [-0.39, 0.29) is 18.0 Å². The topological polar surface area (TPSA) is 87.5 Å². The van der Waals surface area contributed by atoms with Gasteiger partial charge in [-0.2, -0.15) is 0 Å². The van der Waals surface area contributed by atoms with Crippen LogP contribution in [0.3, 0.4) is 0 Å². The van der Waals surface area contributed by atoms with Crippen LogP contribution < -0.4 is 10.9 Å². The number of nitrogens with one attached hydrogen (secondary N) is 2. The van der Waals surface area contributed by atoms with Crippen LogP contribution in [0.15, 0.2) is 36.0 Å². The van der Waals surface area contributed by atoms with Crippen molar-refractivity contribution >= 4 is 11.6 Å². The summed E-state index contributed by atoms with van der Waals surface area (Å²) in [4.78, 5) is 24.3. The number of nitrogens with zero attached hydrogens (tertiary/aromatic N) is 2. The SMILES string of the molecule is CCN1CC=C(NNC(=O)Cc2ccc([N+](=O)[O-])cc2)CC1. The number of non-ortho nitro benzene ring substituents is 1. The number of carbonyl (C=O) groups is 1. The molecule has 1 aromatic rings. The van der Waals surface area contributed by atoms with Crippen LogP contribution in [-0.4, -0.2) is 35.4 Å². The monoisotopic (exact) mass is 304 g/mol. The van der Waals surface area contributed by atoms with Gasteiger partial charge in [0.15, 0.2) is 0 Å². The van der Waals surface area contributed by atoms with Gasteiger partial charge in [0, 0.05) is 37.3 Å². The minimum absolute atomic E-state index is 0.0233. The average molecular weight is 304 g/mol. The van der Waals surface area contributed by atoms with E-state index < -0.39 is 4.92 Å². The van der Waals surface area contributed by atoms with Crippen molar-refractivity contribution in [2.75, 3.05) is 19.6 Å². The van der Waals surface area contributed by atoms with E-state index in [9.17, 15) is 14.9 Å². The fraction of sp³-hybridized carbons (Fsp3) is 0.400. The van der Waals surface area contributed by atoms with Crippen LogP contribution in [0.25, 0.3) is 0 Å². The van der Waals surface area contributed by atoms with Crippen LogP contribution in [0, 0.1) is 10.1 Å². The molecule has 0 atom stereocenters. The van der Waals surface area contributed by atoms with Gasteiger partial charge < -0.3 is 5.43 Å². The molecule has 7 heteroatoms. The standard InChI is InChI=1S/C15H20N4O3/c1-2-18-9-7-13(8-10-18)16-17-15(20)11-12-3-5-14(6-4-12)19(21)22/h3-7,16H,2,8-11H2,1H3,(H,17,20). The summed E-state index contributed by atoms with van der Waals surface area (Å²) >= 11 is 0. The first kappa shape index (κ1) is 16.0. The van der Waals surface area contributed by atoms with Crippen LogP contribution in [0.5, 0.6) is 0 Å². The van der Waals surface area contributed by atoms with Crippen molar-refractivity contribution in [3.05, 3.63) is 51.7 Å². The van der Waals surface area contributed by atoms with E-state index in [0.29, 0.717) is 0 Å². The first-order chi connectivity index (χ1) is 10.6. The molecule has 2 rings (SSSR count). The molecule has 0 aromatic heterocycles. The van der Waals surface area contributed by atoms with Gasteiger partial charge in [0.05, 0.1) is 11.3 Å². The number of hydrogen-bond donors (Lipinski definition) is 2. The number of amides is 1. The Morgan fingerprint density at radius 3 is 2.64 bits per heavy atom. The number of carbonyl (C=O) groups excluding carboxylic acids is 1. The summed E-state index contributed by atoms with van der Waals surface area (Å²) in [6.07, 6.45) is 3.13. The zero-order valence-corrected chi connectivity index (χ0v) is 12.5. The van der Waals surface area contributed by atoms with Crippen LogP contribution in [0.4, 0.5) is 5.69 Å². The molecule has 1 aromatic carbocycles. The minimum atomic E-state index is -0.458. The van der Waals surface area contributed by atoms with E-state index in [1.165, 1.54) is 12.1 Å². The van der Waals surface area contributed by atoms with E-state index in [1.54, 1.807) is 12.1 Å². The Hall–Kier alpha value is -2.41. The summed E-state index contributed by atoms with van der Waals surface area (Å²) in [7, 11) is 0. The molecule has 22 heavy (non-hydrogen) atoms. The first-order valence-corrected chi connectivity index (χ1v) is 7.28. The highest BCUT2D eigenvalue weighted by atomic mass is 16.6. The van der Waals surface area contributed by atoms with Gasteiger partial charge in [0.1, 0.15) is 0 Å². The van der Waals surface area contributed by atoms with Crippen molar-refractivity contribution in [1.82, 2.24) is 15.8 Å². The van der Waals surface area contributed by atoms with Crippen LogP contribution in [-0.2, 0) is 11.2 Å². The maximum absolute atomic E-state index is 11.8. The van der Waals surface area contributed by atoms with Crippen molar-refractivity contribution in [1.29, 1.82) is 0 Å². The zero-order chi connectivity index (χ0) is 15.9. The summed E-state index contributed by atoms with van der Waals surface area (Å²) in [6, 6.07) is 5.99. The van der Waals surface area contributed by atoms with Gasteiger partial charge in [-0.25, -0.2) is 0 Å². The fourth-order valence-corrected chi connectivity index (χ4v) is 2.23. The summed E-state index contributed by atoms with van der Waals surface area (Å²) in [5.74, 6) is -0.173. The number of nitro benzene ring substituents is 1. The Bertz CT molecular complexity index is 569. The number of benzene rings is 1. The fourth-order valence-electron chi connectivity index (χ4n) is 2.23. The van der Waals surface area contributed by atoms with E-state index in [0.717, 1.165) is 37.3 Å². The van der Waals surface area contributed by atoms with Gasteiger partial charge in [-0.05, 0) is 18.2 Å². The lowest BCUT2D eigenvalue weighted by molar-refractivity contribution is -0.384. The molecule has 1 amide bonds. The maximum atomic E-state index is 11.8. The van der Waals surface area contributed by atoms with E-state index in [1.807, 2.05) is 0 Å². The highest BCUT2D eigenvalue weighted by molar-refractivity contribution is 5.78. The lowest BCUT2D eigenvalue weighted by Crippen LogP contribution is -2.40. The highest BCUT2D eigenvalue weighted by Crippen LogP contribution is 2.12. The quantitative estimate of drug-likeness (QED) is 0.612. The molecule has 7 nitrogen and oxygen atoms in total. The van der Waals surface area contributed by atoms with Crippen molar-refractivity contribution in [3.8, 4) is 0 Å². The number of hydrogen-bond acceptors (Lipinski definition) is 5. The summed E-state index contributed by atoms with van der Waals surface area (Å²) in [5, 5.41) is 10.6. The van der Waals surface area contributed by atoms with Gasteiger partial charge in [-0.1, -0.05) is 19.1 Å². The lowest BCUT2D eigenvalue weighted by Gasteiger charge is -2.25. The first-order valence-electron chi connectivity index (χ1n) is 7.28. The molecule has 0 saturated carbocycles. The molecular weight excluding hydrogens is 284 g/mol. The second-order valence-electron chi connectivity index (χ2n) is 5.15. The smallest absolute Gasteiger partial charge is 0.269 e. The maximum Gasteiger partial charge on any atom is 0.269 e. The Kier molecular flexibility index (Phi) is 5.48. The molecular formula is C15H20N4O3. The molecule has 1 heterocycles. The normalized spacial score (nSPS) is 15.0. The number of rotatable bonds is 6. The van der Waals surface area contributed by atoms with Crippen molar-refractivity contribution in [3.63, 3.8) is 0 Å². The largest absolute Gasteiger partial charge is 0.303 e. The lowest BCUT2D eigenvalue weighted by atomic mass is 10.1. The zero-order valence-electron chi connectivity index (χ0n) is 12.5. The molecule has 2 N–H and O–H groups in total. The Balaban J connectivity index is 1.78. The van der Waals surface area contributed by atoms with Crippen molar-refractivity contribution in [2.24, 2.45) is 0 Å².